The van der Waals surface area contributed by atoms with Gasteiger partial charge >= 0.3 is 5.97 Å². The van der Waals surface area contributed by atoms with Crippen LogP contribution >= 0.6 is 15.9 Å². The summed E-state index contributed by atoms with van der Waals surface area (Å²) in [5.74, 6) is 0.155. The summed E-state index contributed by atoms with van der Waals surface area (Å²) in [6.07, 6.45) is 2.17. The number of oxime groups is 1. The fourth-order valence-electron chi connectivity index (χ4n) is 1.13. The number of para-hydroxylation sites is 1. The normalized spacial score (nSPS) is 12.4. The number of halogens is 1. The Kier molecular flexibility index (Phi) is 5.69. The average Bonchev–Trinajstić information content (AvgIpc) is 2.36. The first-order valence-corrected chi connectivity index (χ1v) is 6.12. The van der Waals surface area contributed by atoms with Gasteiger partial charge in [0.15, 0.2) is 0 Å². The molecular weight excluding hydrogens is 286 g/mol. The van der Waals surface area contributed by atoms with Crippen LogP contribution in [0, 0.1) is 0 Å². The lowest BCUT2D eigenvalue weighted by Crippen LogP contribution is -2.20. The van der Waals surface area contributed by atoms with Gasteiger partial charge in [0.05, 0.1) is 6.21 Å². The van der Waals surface area contributed by atoms with E-state index in [0.717, 1.165) is 0 Å². The second-order valence-electron chi connectivity index (χ2n) is 3.25. The fraction of sp³-hybridized carbons (Fsp3) is 0.333. The molecule has 1 rings (SSSR count). The van der Waals surface area contributed by atoms with Crippen LogP contribution < -0.4 is 4.74 Å². The Labute approximate surface area is 109 Å². The molecule has 0 spiro atoms. The first-order chi connectivity index (χ1) is 8.19. The molecule has 1 aromatic rings. The zero-order valence-electron chi connectivity index (χ0n) is 9.72. The Balaban J connectivity index is 2.83. The van der Waals surface area contributed by atoms with E-state index in [1.54, 1.807) is 18.2 Å². The van der Waals surface area contributed by atoms with Gasteiger partial charge in [0.2, 0.25) is 0 Å². The van der Waals surface area contributed by atoms with Crippen LogP contribution in [0.2, 0.25) is 0 Å². The Morgan fingerprint density at radius 3 is 2.88 bits per heavy atom. The van der Waals surface area contributed by atoms with Crippen molar-refractivity contribution < 1.29 is 14.4 Å². The fourth-order valence-corrected chi connectivity index (χ4v) is 1.22. The van der Waals surface area contributed by atoms with Crippen molar-refractivity contribution in [3.05, 3.63) is 29.8 Å². The highest BCUT2D eigenvalue weighted by atomic mass is 79.9. The molecule has 0 aromatic heterocycles. The van der Waals surface area contributed by atoms with Gasteiger partial charge in [0.1, 0.15) is 17.7 Å². The molecule has 5 heteroatoms. The van der Waals surface area contributed by atoms with E-state index >= 15 is 0 Å². The van der Waals surface area contributed by atoms with Gasteiger partial charge in [-0.1, -0.05) is 40.1 Å². The van der Waals surface area contributed by atoms with E-state index in [0.29, 0.717) is 17.7 Å². The maximum absolute atomic E-state index is 11.6. The predicted molar refractivity (Wildman–Crippen MR) is 69.7 cm³/mol. The lowest BCUT2D eigenvalue weighted by atomic mass is 10.2. The summed E-state index contributed by atoms with van der Waals surface area (Å²) in [6.45, 7) is 1.90. The summed E-state index contributed by atoms with van der Waals surface area (Å²) in [6, 6.07) is 7.13. The van der Waals surface area contributed by atoms with Crippen molar-refractivity contribution in [2.75, 3.05) is 7.11 Å². The maximum atomic E-state index is 11.6. The Morgan fingerprint density at radius 2 is 2.24 bits per heavy atom. The summed E-state index contributed by atoms with van der Waals surface area (Å²) < 4.78 is 5.26. The van der Waals surface area contributed by atoms with Crippen LogP contribution in [0.15, 0.2) is 29.4 Å². The molecule has 4 nitrogen and oxygen atoms in total. The molecule has 0 fully saturated rings. The van der Waals surface area contributed by atoms with E-state index in [9.17, 15) is 4.79 Å². The predicted octanol–water partition coefficient (Wildman–Crippen LogP) is 2.75. The van der Waals surface area contributed by atoms with Crippen molar-refractivity contribution in [2.24, 2.45) is 5.16 Å². The molecule has 0 N–H and O–H groups in total. The van der Waals surface area contributed by atoms with Crippen LogP contribution in [0.1, 0.15) is 18.9 Å². The number of nitrogens with zero attached hydrogens (tertiary/aromatic N) is 1. The number of rotatable bonds is 5. The van der Waals surface area contributed by atoms with Gasteiger partial charge in [-0.25, -0.2) is 0 Å². The molecule has 0 amide bonds. The zero-order valence-corrected chi connectivity index (χ0v) is 11.3. The Hall–Kier alpha value is -1.36. The van der Waals surface area contributed by atoms with E-state index in [2.05, 4.69) is 25.9 Å². The monoisotopic (exact) mass is 299 g/mol. The summed E-state index contributed by atoms with van der Waals surface area (Å²) in [7, 11) is 1.46. The van der Waals surface area contributed by atoms with Crippen LogP contribution in [0.5, 0.6) is 5.75 Å². The van der Waals surface area contributed by atoms with Gasteiger partial charge in [-0.3, -0.25) is 4.79 Å². The van der Waals surface area contributed by atoms with Crippen molar-refractivity contribution in [1.29, 1.82) is 0 Å². The average molecular weight is 300 g/mol. The lowest BCUT2D eigenvalue weighted by Gasteiger charge is -2.09. The number of hydrogen-bond donors (Lipinski definition) is 0. The molecule has 1 atom stereocenters. The molecule has 0 aliphatic rings. The molecular formula is C12H14BrNO3. The van der Waals surface area contributed by atoms with Gasteiger partial charge < -0.3 is 9.57 Å². The molecule has 1 unspecified atom stereocenters. The molecule has 17 heavy (non-hydrogen) atoms. The van der Waals surface area contributed by atoms with Gasteiger partial charge in [-0.05, 0) is 18.6 Å². The van der Waals surface area contributed by atoms with E-state index in [4.69, 9.17) is 4.74 Å². The summed E-state index contributed by atoms with van der Waals surface area (Å²) in [5.41, 5.74) is 0.693. The number of alkyl halides is 1. The van der Waals surface area contributed by atoms with E-state index in [1.165, 1.54) is 13.3 Å². The Morgan fingerprint density at radius 1 is 1.53 bits per heavy atom. The molecule has 1 aromatic carbocycles. The minimum absolute atomic E-state index is 0.296. The zero-order chi connectivity index (χ0) is 12.7. The van der Waals surface area contributed by atoms with Crippen LogP contribution in [0.25, 0.3) is 0 Å². The van der Waals surface area contributed by atoms with E-state index in [-0.39, 0.29) is 10.8 Å². The quantitative estimate of drug-likeness (QED) is 0.276. The minimum atomic E-state index is -0.314. The first-order valence-electron chi connectivity index (χ1n) is 5.20. The van der Waals surface area contributed by atoms with Crippen molar-refractivity contribution >= 4 is 28.1 Å². The summed E-state index contributed by atoms with van der Waals surface area (Å²) in [4.78, 5) is 15.9. The summed E-state index contributed by atoms with van der Waals surface area (Å²) in [5, 5.41) is 3.65. The molecule has 0 saturated carbocycles. The van der Waals surface area contributed by atoms with Crippen molar-refractivity contribution in [1.82, 2.24) is 0 Å². The highest BCUT2D eigenvalue weighted by Crippen LogP contribution is 2.18. The van der Waals surface area contributed by atoms with Gasteiger partial charge in [0, 0.05) is 5.56 Å². The third kappa shape index (κ3) is 4.19. The maximum Gasteiger partial charge on any atom is 0.325 e. The number of carbonyl (C=O) groups excluding carboxylic acids is 1. The molecule has 92 valence electrons. The standard InChI is InChI=1S/C12H14BrNO3/c1-3-10(13)12(15)17-11-7-5-4-6-9(11)8-14-16-2/h4-8,10H,3H2,1-2H3. The number of benzene rings is 1. The number of esters is 1. The molecule has 0 heterocycles. The van der Waals surface area contributed by atoms with Gasteiger partial charge in [-0.15, -0.1) is 0 Å². The topological polar surface area (TPSA) is 47.9 Å². The highest BCUT2D eigenvalue weighted by molar-refractivity contribution is 9.10. The van der Waals surface area contributed by atoms with Crippen molar-refractivity contribution in [2.45, 2.75) is 18.2 Å². The second kappa shape index (κ2) is 7.06. The molecule has 0 bridgehead atoms. The largest absolute Gasteiger partial charge is 0.425 e. The number of hydrogen-bond acceptors (Lipinski definition) is 4. The van der Waals surface area contributed by atoms with Crippen molar-refractivity contribution in [3.63, 3.8) is 0 Å². The number of ether oxygens (including phenoxy) is 1. The van der Waals surface area contributed by atoms with Crippen LogP contribution in [-0.4, -0.2) is 24.1 Å². The molecule has 0 aliphatic heterocycles. The second-order valence-corrected chi connectivity index (χ2v) is 4.36. The molecule has 0 aliphatic carbocycles. The van der Waals surface area contributed by atoms with Gasteiger partial charge in [0.25, 0.3) is 0 Å². The third-order valence-corrected chi connectivity index (χ3v) is 3.06. The smallest absolute Gasteiger partial charge is 0.325 e. The van der Waals surface area contributed by atoms with E-state index < -0.39 is 0 Å². The van der Waals surface area contributed by atoms with Crippen molar-refractivity contribution in [3.8, 4) is 5.75 Å². The third-order valence-electron chi connectivity index (χ3n) is 2.04. The summed E-state index contributed by atoms with van der Waals surface area (Å²) >= 11 is 3.24. The Bertz CT molecular complexity index is 406. The highest BCUT2D eigenvalue weighted by Gasteiger charge is 2.15. The van der Waals surface area contributed by atoms with Crippen LogP contribution in [0.3, 0.4) is 0 Å². The van der Waals surface area contributed by atoms with Crippen LogP contribution in [0.4, 0.5) is 0 Å². The van der Waals surface area contributed by atoms with Crippen LogP contribution in [-0.2, 0) is 9.63 Å². The number of carbonyl (C=O) groups is 1. The minimum Gasteiger partial charge on any atom is -0.425 e. The SMILES string of the molecule is CCC(Br)C(=O)Oc1ccccc1C=NOC. The molecule has 0 radical (unpaired) electrons. The lowest BCUT2D eigenvalue weighted by molar-refractivity contribution is -0.133. The van der Waals surface area contributed by atoms with E-state index in [1.807, 2.05) is 13.0 Å². The molecule has 0 saturated heterocycles. The van der Waals surface area contributed by atoms with Gasteiger partial charge in [-0.2, -0.15) is 0 Å². The first kappa shape index (κ1) is 13.7.